The zero-order chi connectivity index (χ0) is 7.84. The summed E-state index contributed by atoms with van der Waals surface area (Å²) in [5, 5.41) is 0. The molecule has 0 saturated heterocycles. The van der Waals surface area contributed by atoms with Crippen molar-refractivity contribution in [2.24, 2.45) is 0 Å². The Hall–Kier alpha value is -0.928. The standard InChI is InChI=1S/C5H4N4O2.Pb.4H/c10-4-2-3(7-1-6-2)8-5(11)9-4;;;;;/h1H,(H3,6,7,8,9,10,11);;;;;. The van der Waals surface area contributed by atoms with E-state index in [0.29, 0.717) is 0 Å². The van der Waals surface area contributed by atoms with Crippen molar-refractivity contribution >= 4 is 38.5 Å². The Kier molecular flexibility index (Phi) is 2.45. The van der Waals surface area contributed by atoms with E-state index in [1.807, 2.05) is 0 Å². The summed E-state index contributed by atoms with van der Waals surface area (Å²) < 4.78 is 0. The number of hydrogen-bond acceptors (Lipinski definition) is 3. The van der Waals surface area contributed by atoms with E-state index < -0.39 is 11.2 Å². The van der Waals surface area contributed by atoms with Gasteiger partial charge in [-0.15, -0.1) is 0 Å². The molecule has 2 rings (SSSR count). The second-order valence-electron chi connectivity index (χ2n) is 2.03. The molecule has 2 aromatic heterocycles. The van der Waals surface area contributed by atoms with Gasteiger partial charge in [0.15, 0.2) is 5.65 Å². The van der Waals surface area contributed by atoms with Crippen molar-refractivity contribution in [3.05, 3.63) is 27.2 Å². The van der Waals surface area contributed by atoms with Crippen molar-refractivity contribution in [2.75, 3.05) is 0 Å². The first-order valence-corrected chi connectivity index (χ1v) is 2.93. The van der Waals surface area contributed by atoms with E-state index in [-0.39, 0.29) is 38.5 Å². The van der Waals surface area contributed by atoms with Gasteiger partial charge < -0.3 is 4.98 Å². The fourth-order valence-corrected chi connectivity index (χ4v) is 0.867. The van der Waals surface area contributed by atoms with Gasteiger partial charge in [0.25, 0.3) is 5.56 Å². The molecule has 3 N–H and O–H groups in total. The van der Waals surface area contributed by atoms with Gasteiger partial charge in [-0.05, 0) is 0 Å². The van der Waals surface area contributed by atoms with Crippen LogP contribution in [0.5, 0.6) is 0 Å². The number of nitrogens with zero attached hydrogens (tertiary/aromatic N) is 1. The summed E-state index contributed by atoms with van der Waals surface area (Å²) in [6.45, 7) is 0. The van der Waals surface area contributed by atoms with Crippen LogP contribution >= 0.6 is 0 Å². The van der Waals surface area contributed by atoms with E-state index in [2.05, 4.69) is 19.9 Å². The maximum atomic E-state index is 10.9. The fraction of sp³-hybridized carbons (Fsp3) is 0. The Morgan fingerprint density at radius 2 is 2.00 bits per heavy atom. The predicted octanol–water partition coefficient (Wildman–Crippen LogP) is -2.51. The molecular formula is C5H8N4O2Pb. The van der Waals surface area contributed by atoms with Gasteiger partial charge >= 0.3 is 33.0 Å². The van der Waals surface area contributed by atoms with Crippen LogP contribution < -0.4 is 11.2 Å². The topological polar surface area (TPSA) is 94.4 Å². The first kappa shape index (κ1) is 9.16. The van der Waals surface area contributed by atoms with Gasteiger partial charge in [0, 0.05) is 0 Å². The molecule has 0 spiro atoms. The molecule has 0 aliphatic rings. The van der Waals surface area contributed by atoms with E-state index >= 15 is 0 Å². The Balaban J connectivity index is 0.000000720. The molecule has 2 heterocycles. The molecule has 0 aliphatic heterocycles. The molecule has 7 heteroatoms. The average molecular weight is 363 g/mol. The summed E-state index contributed by atoms with van der Waals surface area (Å²) >= 11 is 0. The third-order valence-electron chi connectivity index (χ3n) is 1.33. The van der Waals surface area contributed by atoms with Gasteiger partial charge in [0.05, 0.1) is 6.33 Å². The maximum absolute atomic E-state index is 10.9. The van der Waals surface area contributed by atoms with Gasteiger partial charge in [-0.1, -0.05) is 0 Å². The first-order valence-electron chi connectivity index (χ1n) is 2.93. The second-order valence-corrected chi connectivity index (χ2v) is 2.03. The van der Waals surface area contributed by atoms with E-state index in [1.165, 1.54) is 6.33 Å². The van der Waals surface area contributed by atoms with Crippen LogP contribution in [-0.4, -0.2) is 47.2 Å². The summed E-state index contributed by atoms with van der Waals surface area (Å²) in [5.74, 6) is 0. The Morgan fingerprint density at radius 3 is 2.75 bits per heavy atom. The molecule has 0 bridgehead atoms. The Labute approximate surface area is 85.6 Å². The van der Waals surface area contributed by atoms with Crippen LogP contribution in [0.3, 0.4) is 0 Å². The third-order valence-corrected chi connectivity index (χ3v) is 1.33. The van der Waals surface area contributed by atoms with Crippen molar-refractivity contribution in [3.8, 4) is 0 Å². The van der Waals surface area contributed by atoms with Crippen molar-refractivity contribution in [1.29, 1.82) is 0 Å². The summed E-state index contributed by atoms with van der Waals surface area (Å²) in [6, 6.07) is 0. The number of H-pyrrole nitrogens is 3. The van der Waals surface area contributed by atoms with Crippen molar-refractivity contribution in [2.45, 2.75) is 0 Å². The SMILES string of the molecule is O=c1[nH]c(=O)c2[nH]cnc2[nH]1.[PbH4]. The van der Waals surface area contributed by atoms with Crippen LogP contribution in [0, 0.1) is 0 Å². The molecular weight excluding hydrogens is 355 g/mol. The van der Waals surface area contributed by atoms with Crippen LogP contribution in [0.2, 0.25) is 0 Å². The van der Waals surface area contributed by atoms with E-state index in [4.69, 9.17) is 0 Å². The van der Waals surface area contributed by atoms with Crippen LogP contribution in [0.25, 0.3) is 11.2 Å². The summed E-state index contributed by atoms with van der Waals surface area (Å²) in [7, 11) is 0. The molecule has 0 saturated carbocycles. The van der Waals surface area contributed by atoms with Crippen LogP contribution in [0.4, 0.5) is 0 Å². The molecule has 0 atom stereocenters. The number of imidazole rings is 1. The van der Waals surface area contributed by atoms with Gasteiger partial charge in [-0.25, -0.2) is 9.78 Å². The van der Waals surface area contributed by atoms with E-state index in [9.17, 15) is 9.59 Å². The van der Waals surface area contributed by atoms with E-state index in [0.717, 1.165) is 0 Å². The predicted molar refractivity (Wildman–Crippen MR) is 48.7 cm³/mol. The quantitative estimate of drug-likeness (QED) is 0.451. The number of fused-ring (bicyclic) bond motifs is 1. The molecule has 0 amide bonds. The van der Waals surface area contributed by atoms with Crippen molar-refractivity contribution in [3.63, 3.8) is 0 Å². The normalized spacial score (nSPS) is 9.67. The molecule has 64 valence electrons. The molecule has 0 unspecified atom stereocenters. The summed E-state index contributed by atoms with van der Waals surface area (Å²) in [4.78, 5) is 32.3. The molecule has 2 aromatic rings. The van der Waals surface area contributed by atoms with Gasteiger partial charge in [0.2, 0.25) is 0 Å². The number of aromatic amines is 3. The molecule has 6 nitrogen and oxygen atoms in total. The second kappa shape index (κ2) is 3.21. The molecule has 0 aliphatic carbocycles. The van der Waals surface area contributed by atoms with Gasteiger partial charge in [0.1, 0.15) is 5.52 Å². The summed E-state index contributed by atoms with van der Waals surface area (Å²) in [5.41, 5.74) is -0.445. The minimum atomic E-state index is -0.547. The number of nitrogens with one attached hydrogen (secondary N) is 3. The van der Waals surface area contributed by atoms with Crippen LogP contribution in [0.1, 0.15) is 0 Å². The zero-order valence-corrected chi connectivity index (χ0v) is 5.34. The Morgan fingerprint density at radius 1 is 1.25 bits per heavy atom. The minimum absolute atomic E-state index is 0. The van der Waals surface area contributed by atoms with Crippen molar-refractivity contribution in [1.82, 2.24) is 19.9 Å². The average Bonchev–Trinajstić information content (AvgIpc) is 2.34. The number of rotatable bonds is 0. The molecule has 0 aromatic carbocycles. The fourth-order valence-electron chi connectivity index (χ4n) is 0.867. The zero-order valence-electron chi connectivity index (χ0n) is 5.34. The summed E-state index contributed by atoms with van der Waals surface area (Å²) in [6.07, 6.45) is 1.34. The van der Waals surface area contributed by atoms with Crippen LogP contribution in [-0.2, 0) is 0 Å². The number of hydrogen-bond donors (Lipinski definition) is 3. The van der Waals surface area contributed by atoms with Crippen molar-refractivity contribution < 1.29 is 0 Å². The molecule has 0 fully saturated rings. The van der Waals surface area contributed by atoms with Crippen LogP contribution in [0.15, 0.2) is 15.9 Å². The first-order chi connectivity index (χ1) is 5.27. The molecule has 12 heavy (non-hydrogen) atoms. The van der Waals surface area contributed by atoms with Gasteiger partial charge in [-0.2, -0.15) is 0 Å². The van der Waals surface area contributed by atoms with E-state index in [1.54, 1.807) is 0 Å². The molecule has 0 radical (unpaired) electrons. The van der Waals surface area contributed by atoms with Gasteiger partial charge in [-0.3, -0.25) is 14.8 Å². The Bertz CT molecular complexity index is 496. The third kappa shape index (κ3) is 1.33. The number of aromatic nitrogens is 4. The monoisotopic (exact) mass is 364 g/mol.